The lowest BCUT2D eigenvalue weighted by molar-refractivity contribution is 0.280. The molecule has 2 aliphatic rings. The lowest BCUT2D eigenvalue weighted by Crippen LogP contribution is -2.45. The fourth-order valence-corrected chi connectivity index (χ4v) is 5.72. The molecule has 7 nitrogen and oxygen atoms in total. The molecule has 0 aromatic carbocycles. The molecule has 1 aromatic rings. The van der Waals surface area contributed by atoms with Gasteiger partial charge in [-0.2, -0.15) is 0 Å². The van der Waals surface area contributed by atoms with Crippen LogP contribution in [0, 0.1) is 17.8 Å². The van der Waals surface area contributed by atoms with Gasteiger partial charge in [0.15, 0.2) is 4.90 Å². The minimum Gasteiger partial charge on any atom is -0.302 e. The number of aryl methyl sites for hydroxylation is 1. The van der Waals surface area contributed by atoms with Crippen LogP contribution >= 0.6 is 0 Å². The van der Waals surface area contributed by atoms with Crippen molar-refractivity contribution in [3.8, 4) is 0 Å². The van der Waals surface area contributed by atoms with Crippen LogP contribution in [-0.2, 0) is 24.1 Å². The molecule has 128 valence electrons. The molecule has 0 saturated heterocycles. The van der Waals surface area contributed by atoms with Gasteiger partial charge in [0.2, 0.25) is 10.0 Å². The van der Waals surface area contributed by atoms with Crippen LogP contribution in [0.1, 0.15) is 32.6 Å². The highest BCUT2D eigenvalue weighted by molar-refractivity contribution is 7.89. The molecule has 1 N–H and O–H groups in total. The number of nitrogens with one attached hydrogen (secondary N) is 1. The van der Waals surface area contributed by atoms with E-state index in [0.29, 0.717) is 11.8 Å². The molecule has 4 unspecified atom stereocenters. The second-order valence-electron chi connectivity index (χ2n) is 7.00. The molecule has 2 fully saturated rings. The Morgan fingerprint density at radius 2 is 1.91 bits per heavy atom. The van der Waals surface area contributed by atoms with Gasteiger partial charge in [0, 0.05) is 26.3 Å². The van der Waals surface area contributed by atoms with E-state index >= 15 is 0 Å². The van der Waals surface area contributed by atoms with Gasteiger partial charge < -0.3 is 4.57 Å². The molecule has 1 aromatic heterocycles. The fourth-order valence-electron chi connectivity index (χ4n) is 4.26. The van der Waals surface area contributed by atoms with Crippen molar-refractivity contribution in [3.63, 3.8) is 0 Å². The standard InChI is InChI=1S/C15H23N3O4S/c1-9(12-7-10-4-5-11(12)6-10)16-23(21,22)13-8-17(2)15(20)18(3)14(13)19/h8-12,16H,4-7H2,1-3H3. The minimum absolute atomic E-state index is 0.211. The summed E-state index contributed by atoms with van der Waals surface area (Å²) in [6.45, 7) is 1.87. The number of nitrogens with zero attached hydrogens (tertiary/aromatic N) is 2. The van der Waals surface area contributed by atoms with Crippen molar-refractivity contribution in [2.24, 2.45) is 31.8 Å². The highest BCUT2D eigenvalue weighted by Gasteiger charge is 2.42. The van der Waals surface area contributed by atoms with E-state index in [1.165, 1.54) is 33.4 Å². The average molecular weight is 341 g/mol. The third-order valence-electron chi connectivity index (χ3n) is 5.48. The van der Waals surface area contributed by atoms with Crippen molar-refractivity contribution in [3.05, 3.63) is 27.0 Å². The van der Waals surface area contributed by atoms with Crippen LogP contribution < -0.4 is 16.0 Å². The van der Waals surface area contributed by atoms with Gasteiger partial charge >= 0.3 is 5.69 Å². The van der Waals surface area contributed by atoms with Gasteiger partial charge in [-0.3, -0.25) is 9.36 Å². The van der Waals surface area contributed by atoms with E-state index in [1.54, 1.807) is 0 Å². The molecule has 3 rings (SSSR count). The number of hydrogen-bond donors (Lipinski definition) is 1. The molecule has 0 aliphatic heterocycles. The van der Waals surface area contributed by atoms with Crippen molar-refractivity contribution in [2.75, 3.05) is 0 Å². The maximum atomic E-state index is 12.6. The van der Waals surface area contributed by atoms with E-state index in [9.17, 15) is 18.0 Å². The van der Waals surface area contributed by atoms with Crippen LogP contribution in [0.15, 0.2) is 20.7 Å². The Kier molecular flexibility index (Phi) is 4.00. The second-order valence-corrected chi connectivity index (χ2v) is 8.68. The van der Waals surface area contributed by atoms with Crippen LogP contribution in [0.4, 0.5) is 0 Å². The normalized spacial score (nSPS) is 28.2. The summed E-state index contributed by atoms with van der Waals surface area (Å²) in [7, 11) is -1.24. The minimum atomic E-state index is -3.95. The van der Waals surface area contributed by atoms with E-state index < -0.39 is 21.3 Å². The summed E-state index contributed by atoms with van der Waals surface area (Å²) < 4.78 is 29.8. The largest absolute Gasteiger partial charge is 0.330 e. The molecule has 2 aliphatic carbocycles. The number of rotatable bonds is 4. The first kappa shape index (κ1) is 16.4. The van der Waals surface area contributed by atoms with E-state index in [-0.39, 0.29) is 10.9 Å². The average Bonchev–Trinajstić information content (AvgIpc) is 3.11. The Hall–Kier alpha value is -1.41. The van der Waals surface area contributed by atoms with Gasteiger partial charge in [0.05, 0.1) is 0 Å². The zero-order valence-corrected chi connectivity index (χ0v) is 14.5. The fraction of sp³-hybridized carbons (Fsp3) is 0.733. The van der Waals surface area contributed by atoms with Crippen molar-refractivity contribution >= 4 is 10.0 Å². The predicted octanol–water partition coefficient (Wildman–Crippen LogP) is 0.187. The van der Waals surface area contributed by atoms with Crippen molar-refractivity contribution in [2.45, 2.75) is 43.5 Å². The van der Waals surface area contributed by atoms with Crippen LogP contribution in [0.5, 0.6) is 0 Å². The maximum absolute atomic E-state index is 12.6. The maximum Gasteiger partial charge on any atom is 0.330 e. The summed E-state index contributed by atoms with van der Waals surface area (Å²) in [5.41, 5.74) is -1.34. The summed E-state index contributed by atoms with van der Waals surface area (Å²) in [6, 6.07) is -0.211. The van der Waals surface area contributed by atoms with Gasteiger partial charge in [-0.05, 0) is 43.9 Å². The summed E-state index contributed by atoms with van der Waals surface area (Å²) in [6.07, 6.45) is 5.77. The lowest BCUT2D eigenvalue weighted by atomic mass is 9.84. The molecule has 8 heteroatoms. The topological polar surface area (TPSA) is 90.2 Å². The summed E-state index contributed by atoms with van der Waals surface area (Å²) >= 11 is 0. The lowest BCUT2D eigenvalue weighted by Gasteiger charge is -2.28. The van der Waals surface area contributed by atoms with Gasteiger partial charge in [-0.15, -0.1) is 0 Å². The SMILES string of the molecule is CC(NS(=O)(=O)c1cn(C)c(=O)n(C)c1=O)C1CC2CCC1C2. The molecule has 0 radical (unpaired) electrons. The molecule has 0 amide bonds. The Labute approximate surface area is 135 Å². The molecule has 23 heavy (non-hydrogen) atoms. The van der Waals surface area contributed by atoms with E-state index in [2.05, 4.69) is 4.72 Å². The highest BCUT2D eigenvalue weighted by atomic mass is 32.2. The van der Waals surface area contributed by atoms with Gasteiger partial charge in [-0.25, -0.2) is 17.9 Å². The monoisotopic (exact) mass is 341 g/mol. The first-order valence-corrected chi connectivity index (χ1v) is 9.48. The zero-order chi connectivity index (χ0) is 16.9. The third-order valence-corrected chi connectivity index (χ3v) is 7.02. The molecule has 0 spiro atoms. The molecule has 4 atom stereocenters. The molecular weight excluding hydrogens is 318 g/mol. The smallest absolute Gasteiger partial charge is 0.302 e. The molecular formula is C15H23N3O4S. The van der Waals surface area contributed by atoms with Crippen LogP contribution in [0.25, 0.3) is 0 Å². The van der Waals surface area contributed by atoms with Crippen LogP contribution in [-0.4, -0.2) is 23.6 Å². The van der Waals surface area contributed by atoms with E-state index in [1.807, 2.05) is 6.92 Å². The predicted molar refractivity (Wildman–Crippen MR) is 85.6 cm³/mol. The van der Waals surface area contributed by atoms with Gasteiger partial charge in [-0.1, -0.05) is 6.42 Å². The van der Waals surface area contributed by atoms with Crippen molar-refractivity contribution in [1.82, 2.24) is 13.9 Å². The van der Waals surface area contributed by atoms with Crippen molar-refractivity contribution < 1.29 is 8.42 Å². The summed E-state index contributed by atoms with van der Waals surface area (Å²) in [4.78, 5) is 23.5. The number of aromatic nitrogens is 2. The third kappa shape index (κ3) is 2.78. The van der Waals surface area contributed by atoms with Gasteiger partial charge in [0.1, 0.15) is 0 Å². The zero-order valence-electron chi connectivity index (χ0n) is 13.7. The van der Waals surface area contributed by atoms with Gasteiger partial charge in [0.25, 0.3) is 5.56 Å². The van der Waals surface area contributed by atoms with Crippen LogP contribution in [0.3, 0.4) is 0 Å². The number of hydrogen-bond acceptors (Lipinski definition) is 4. The Morgan fingerprint density at radius 1 is 1.22 bits per heavy atom. The Bertz CT molecular complexity index is 839. The van der Waals surface area contributed by atoms with Crippen LogP contribution in [0.2, 0.25) is 0 Å². The number of sulfonamides is 1. The summed E-state index contributed by atoms with van der Waals surface area (Å²) in [5, 5.41) is 0. The van der Waals surface area contributed by atoms with E-state index in [0.717, 1.165) is 27.7 Å². The first-order chi connectivity index (χ1) is 10.7. The van der Waals surface area contributed by atoms with E-state index in [4.69, 9.17) is 0 Å². The van der Waals surface area contributed by atoms with Crippen molar-refractivity contribution in [1.29, 1.82) is 0 Å². The highest BCUT2D eigenvalue weighted by Crippen LogP contribution is 2.49. The Morgan fingerprint density at radius 3 is 2.48 bits per heavy atom. The Balaban J connectivity index is 1.88. The quantitative estimate of drug-likeness (QED) is 0.846. The summed E-state index contributed by atoms with van der Waals surface area (Å²) in [5.74, 6) is 1.64. The molecule has 1 heterocycles. The first-order valence-electron chi connectivity index (χ1n) is 7.99. The number of fused-ring (bicyclic) bond motifs is 2. The second kappa shape index (κ2) is 5.59. The molecule has 2 bridgehead atoms. The molecule has 2 saturated carbocycles.